The summed E-state index contributed by atoms with van der Waals surface area (Å²) in [5.74, 6) is 1.26. The van der Waals surface area contributed by atoms with Crippen LogP contribution < -0.4 is 20.1 Å². The highest BCUT2D eigenvalue weighted by atomic mass is 19.3. The van der Waals surface area contributed by atoms with Crippen LogP contribution in [0.4, 0.5) is 8.78 Å². The normalized spacial score (nSPS) is 11.5. The van der Waals surface area contributed by atoms with E-state index in [9.17, 15) is 8.78 Å². The molecule has 0 radical (unpaired) electrons. The van der Waals surface area contributed by atoms with Gasteiger partial charge in [0.05, 0.1) is 7.11 Å². The fourth-order valence-electron chi connectivity index (χ4n) is 2.11. The first kappa shape index (κ1) is 21.0. The average molecular weight is 359 g/mol. The quantitative estimate of drug-likeness (QED) is 0.361. The summed E-state index contributed by atoms with van der Waals surface area (Å²) in [5.41, 5.74) is 0.555. The van der Waals surface area contributed by atoms with Crippen molar-refractivity contribution in [2.75, 3.05) is 33.9 Å². The van der Waals surface area contributed by atoms with E-state index in [2.05, 4.69) is 20.4 Å². The van der Waals surface area contributed by atoms with Gasteiger partial charge >= 0.3 is 6.61 Å². The van der Waals surface area contributed by atoms with Crippen LogP contribution in [0.1, 0.15) is 25.3 Å². The summed E-state index contributed by atoms with van der Waals surface area (Å²) in [7, 11) is 3.17. The Labute approximate surface area is 147 Å². The molecule has 0 heterocycles. The van der Waals surface area contributed by atoms with Crippen LogP contribution in [0.15, 0.2) is 23.2 Å². The average Bonchev–Trinajstić information content (AvgIpc) is 2.61. The Bertz CT molecular complexity index is 528. The number of halogens is 2. The van der Waals surface area contributed by atoms with Gasteiger partial charge in [-0.2, -0.15) is 8.78 Å². The molecule has 1 rings (SSSR count). The third-order valence-corrected chi connectivity index (χ3v) is 3.37. The number of nitrogens with zero attached hydrogens (tertiary/aromatic N) is 1. The molecular formula is C17H27F2N3O3. The first-order valence-electron chi connectivity index (χ1n) is 8.24. The molecule has 142 valence electrons. The maximum Gasteiger partial charge on any atom is 0.387 e. The van der Waals surface area contributed by atoms with Crippen LogP contribution in [0.25, 0.3) is 0 Å². The highest BCUT2D eigenvalue weighted by molar-refractivity contribution is 5.79. The number of unbranched alkanes of at least 4 members (excludes halogenated alkanes) is 1. The van der Waals surface area contributed by atoms with E-state index >= 15 is 0 Å². The molecule has 0 aromatic heterocycles. The molecule has 0 fully saturated rings. The van der Waals surface area contributed by atoms with Gasteiger partial charge in [0.25, 0.3) is 0 Å². The van der Waals surface area contributed by atoms with Crippen molar-refractivity contribution in [2.24, 2.45) is 4.99 Å². The third-order valence-electron chi connectivity index (χ3n) is 3.37. The molecule has 0 aliphatic heterocycles. The van der Waals surface area contributed by atoms with Gasteiger partial charge in [-0.25, -0.2) is 0 Å². The Morgan fingerprint density at radius 2 is 2.04 bits per heavy atom. The maximum absolute atomic E-state index is 12.5. The molecule has 8 heteroatoms. The van der Waals surface area contributed by atoms with Crippen LogP contribution in [0, 0.1) is 0 Å². The van der Waals surface area contributed by atoms with E-state index in [0.717, 1.165) is 32.6 Å². The van der Waals surface area contributed by atoms with Gasteiger partial charge in [0, 0.05) is 38.9 Å². The standard InChI is InChI=1S/C17H27F2N3O3/c1-4-24-10-6-5-9-21-17(20-2)22-12-13-11-14(23-3)7-8-15(13)25-16(18)19/h7-8,11,16H,4-6,9-10,12H2,1-3H3,(H2,20,21,22). The van der Waals surface area contributed by atoms with Crippen LogP contribution in [0.5, 0.6) is 11.5 Å². The number of hydrogen-bond acceptors (Lipinski definition) is 4. The molecule has 25 heavy (non-hydrogen) atoms. The molecule has 6 nitrogen and oxygen atoms in total. The van der Waals surface area contributed by atoms with Gasteiger partial charge in [0.2, 0.25) is 0 Å². The minimum Gasteiger partial charge on any atom is -0.497 e. The Morgan fingerprint density at radius 3 is 2.68 bits per heavy atom. The second-order valence-electron chi connectivity index (χ2n) is 5.11. The molecule has 1 aromatic rings. The predicted molar refractivity (Wildman–Crippen MR) is 93.6 cm³/mol. The molecule has 0 saturated heterocycles. The van der Waals surface area contributed by atoms with Crippen LogP contribution >= 0.6 is 0 Å². The SMILES string of the molecule is CCOCCCCNC(=NC)NCc1cc(OC)ccc1OC(F)F. The van der Waals surface area contributed by atoms with E-state index in [-0.39, 0.29) is 12.3 Å². The Kier molecular flexibility index (Phi) is 10.3. The van der Waals surface area contributed by atoms with Crippen molar-refractivity contribution in [3.05, 3.63) is 23.8 Å². The topological polar surface area (TPSA) is 64.1 Å². The molecule has 0 aliphatic rings. The van der Waals surface area contributed by atoms with Gasteiger partial charge in [-0.15, -0.1) is 0 Å². The van der Waals surface area contributed by atoms with Crippen LogP contribution in [0.3, 0.4) is 0 Å². The molecule has 0 amide bonds. The van der Waals surface area contributed by atoms with Crippen LogP contribution in [-0.2, 0) is 11.3 Å². The highest BCUT2D eigenvalue weighted by Crippen LogP contribution is 2.25. The van der Waals surface area contributed by atoms with Gasteiger partial charge in [-0.1, -0.05) is 0 Å². The van der Waals surface area contributed by atoms with E-state index < -0.39 is 6.61 Å². The molecule has 0 unspecified atom stereocenters. The van der Waals surface area contributed by atoms with Gasteiger partial charge < -0.3 is 24.8 Å². The van der Waals surface area contributed by atoms with Gasteiger partial charge in [-0.3, -0.25) is 4.99 Å². The van der Waals surface area contributed by atoms with Crippen molar-refractivity contribution in [3.63, 3.8) is 0 Å². The van der Waals surface area contributed by atoms with Crippen molar-refractivity contribution >= 4 is 5.96 Å². The molecular weight excluding hydrogens is 332 g/mol. The largest absolute Gasteiger partial charge is 0.497 e. The number of nitrogens with one attached hydrogen (secondary N) is 2. The summed E-state index contributed by atoms with van der Waals surface area (Å²) in [6.07, 6.45) is 1.90. The minimum atomic E-state index is -2.88. The zero-order valence-electron chi connectivity index (χ0n) is 15.0. The van der Waals surface area contributed by atoms with E-state index in [1.807, 2.05) is 6.92 Å². The van der Waals surface area contributed by atoms with E-state index in [1.54, 1.807) is 19.2 Å². The number of guanidine groups is 1. The van der Waals surface area contributed by atoms with Gasteiger partial charge in [-0.05, 0) is 38.0 Å². The van der Waals surface area contributed by atoms with Crippen molar-refractivity contribution < 1.29 is 23.0 Å². The summed E-state index contributed by atoms with van der Waals surface area (Å²) in [6, 6.07) is 4.69. The first-order valence-corrected chi connectivity index (χ1v) is 8.24. The van der Waals surface area contributed by atoms with Crippen molar-refractivity contribution in [1.29, 1.82) is 0 Å². The Hall–Kier alpha value is -2.09. The second-order valence-corrected chi connectivity index (χ2v) is 5.11. The lowest BCUT2D eigenvalue weighted by Gasteiger charge is -2.15. The van der Waals surface area contributed by atoms with Crippen molar-refractivity contribution in [1.82, 2.24) is 10.6 Å². The lowest BCUT2D eigenvalue weighted by molar-refractivity contribution is -0.0504. The number of methoxy groups -OCH3 is 1. The summed E-state index contributed by atoms with van der Waals surface area (Å²) in [5, 5.41) is 6.25. The fraction of sp³-hybridized carbons (Fsp3) is 0.588. The lowest BCUT2D eigenvalue weighted by Crippen LogP contribution is -2.37. The third kappa shape index (κ3) is 8.53. The smallest absolute Gasteiger partial charge is 0.387 e. The summed E-state index contributed by atoms with van der Waals surface area (Å²) >= 11 is 0. The number of ether oxygens (including phenoxy) is 3. The fourth-order valence-corrected chi connectivity index (χ4v) is 2.11. The van der Waals surface area contributed by atoms with Crippen LogP contribution in [-0.4, -0.2) is 46.5 Å². The Balaban J connectivity index is 2.53. The first-order chi connectivity index (χ1) is 12.1. The molecule has 0 atom stereocenters. The Morgan fingerprint density at radius 1 is 1.24 bits per heavy atom. The number of aliphatic imine (C=N–C) groups is 1. The highest BCUT2D eigenvalue weighted by Gasteiger charge is 2.11. The number of benzene rings is 1. The van der Waals surface area contributed by atoms with Crippen molar-refractivity contribution in [2.45, 2.75) is 32.9 Å². The number of alkyl halides is 2. The monoisotopic (exact) mass is 359 g/mol. The van der Waals surface area contributed by atoms with E-state index in [1.165, 1.54) is 13.2 Å². The van der Waals surface area contributed by atoms with Crippen molar-refractivity contribution in [3.8, 4) is 11.5 Å². The maximum atomic E-state index is 12.5. The molecule has 0 aliphatic carbocycles. The van der Waals surface area contributed by atoms with Gasteiger partial charge in [0.1, 0.15) is 11.5 Å². The summed E-state index contributed by atoms with van der Waals surface area (Å²) in [6.45, 7) is 1.57. The van der Waals surface area contributed by atoms with Crippen LogP contribution in [0.2, 0.25) is 0 Å². The summed E-state index contributed by atoms with van der Waals surface area (Å²) in [4.78, 5) is 4.11. The van der Waals surface area contributed by atoms with E-state index in [4.69, 9.17) is 9.47 Å². The lowest BCUT2D eigenvalue weighted by atomic mass is 10.2. The second kappa shape index (κ2) is 12.3. The summed E-state index contributed by atoms with van der Waals surface area (Å²) < 4.78 is 40.0. The molecule has 0 spiro atoms. The molecule has 1 aromatic carbocycles. The minimum absolute atomic E-state index is 0.107. The molecule has 2 N–H and O–H groups in total. The number of rotatable bonds is 11. The zero-order chi connectivity index (χ0) is 18.5. The van der Waals surface area contributed by atoms with E-state index in [0.29, 0.717) is 17.3 Å². The molecule has 0 saturated carbocycles. The van der Waals surface area contributed by atoms with Gasteiger partial charge in [0.15, 0.2) is 5.96 Å². The molecule has 0 bridgehead atoms. The number of hydrogen-bond donors (Lipinski definition) is 2. The predicted octanol–water partition coefficient (Wildman–Crippen LogP) is 2.78. The zero-order valence-corrected chi connectivity index (χ0v) is 15.0.